The zero-order valence-corrected chi connectivity index (χ0v) is 13.9. The molecule has 0 spiro atoms. The Morgan fingerprint density at radius 3 is 1.88 bits per heavy atom. The van der Waals surface area contributed by atoms with Crippen molar-refractivity contribution >= 4 is 13.5 Å². The van der Waals surface area contributed by atoms with E-state index in [2.05, 4.69) is 40.8 Å². The van der Waals surface area contributed by atoms with Crippen LogP contribution in [0.3, 0.4) is 0 Å². The van der Waals surface area contributed by atoms with Gasteiger partial charge in [0.1, 0.15) is 13.5 Å². The normalized spacial score (nSPS) is 12.8. The van der Waals surface area contributed by atoms with Crippen LogP contribution in [0.2, 0.25) is 18.1 Å². The van der Waals surface area contributed by atoms with E-state index < -0.39 is 8.07 Å². The number of rotatable bonds is 8. The summed E-state index contributed by atoms with van der Waals surface area (Å²) >= 11 is 0. The molecule has 0 saturated heterocycles. The van der Waals surface area contributed by atoms with Crippen molar-refractivity contribution in [1.82, 2.24) is 0 Å². The van der Waals surface area contributed by atoms with Crippen LogP contribution in [0.1, 0.15) is 72.6 Å². The van der Waals surface area contributed by atoms with Crippen LogP contribution in [0, 0.1) is 0 Å². The van der Waals surface area contributed by atoms with Crippen LogP contribution in [0.15, 0.2) is 0 Å². The first-order chi connectivity index (χ1) is 7.73. The summed E-state index contributed by atoms with van der Waals surface area (Å²) in [5.41, 5.74) is 0. The Bertz CT molecular complexity index is 226. The number of hydrogen-bond donors (Lipinski definition) is 0. The standard InChI is InChI=1S/C15H32OSi/c1-7-8-9-10-11-12-13-14(16)17(5,6)15(2,3)4/h7-13H2,1-6H3. The molecule has 0 aliphatic rings. The maximum Gasteiger partial charge on any atom is 0.132 e. The van der Waals surface area contributed by atoms with Gasteiger partial charge in [-0.2, -0.15) is 0 Å². The zero-order chi connectivity index (χ0) is 13.5. The highest BCUT2D eigenvalue weighted by Gasteiger charge is 2.41. The summed E-state index contributed by atoms with van der Waals surface area (Å²) in [5.74, 6) is 0. The highest BCUT2D eigenvalue weighted by molar-refractivity contribution is 7.06. The van der Waals surface area contributed by atoms with Gasteiger partial charge >= 0.3 is 0 Å². The molecular formula is C15H32OSi. The van der Waals surface area contributed by atoms with Crippen molar-refractivity contribution in [1.29, 1.82) is 0 Å². The molecule has 0 amide bonds. The molecule has 102 valence electrons. The summed E-state index contributed by atoms with van der Waals surface area (Å²) in [6.45, 7) is 13.4. The SMILES string of the molecule is CCCCCCCCC(=O)[Si](C)(C)C(C)(C)C. The van der Waals surface area contributed by atoms with Crippen LogP contribution < -0.4 is 0 Å². The highest BCUT2D eigenvalue weighted by Crippen LogP contribution is 2.37. The molecule has 0 aromatic heterocycles. The first-order valence-corrected chi connectivity index (χ1v) is 10.3. The molecule has 0 aromatic rings. The van der Waals surface area contributed by atoms with Crippen molar-refractivity contribution in [2.24, 2.45) is 0 Å². The molecule has 0 unspecified atom stereocenters. The Balaban J connectivity index is 3.87. The number of carbonyl (C=O) groups is 1. The van der Waals surface area contributed by atoms with E-state index in [0.717, 1.165) is 12.8 Å². The van der Waals surface area contributed by atoms with E-state index in [1.165, 1.54) is 32.1 Å². The smallest absolute Gasteiger partial charge is 0.132 e. The molecule has 17 heavy (non-hydrogen) atoms. The second kappa shape index (κ2) is 7.35. The van der Waals surface area contributed by atoms with Gasteiger partial charge in [-0.15, -0.1) is 0 Å². The van der Waals surface area contributed by atoms with Gasteiger partial charge in [0.2, 0.25) is 0 Å². The van der Waals surface area contributed by atoms with E-state index in [4.69, 9.17) is 0 Å². The average molecular weight is 257 g/mol. The van der Waals surface area contributed by atoms with Gasteiger partial charge in [0, 0.05) is 6.42 Å². The van der Waals surface area contributed by atoms with Crippen LogP contribution in [-0.2, 0) is 4.79 Å². The van der Waals surface area contributed by atoms with Crippen molar-refractivity contribution in [2.45, 2.75) is 90.8 Å². The predicted molar refractivity (Wildman–Crippen MR) is 80.2 cm³/mol. The van der Waals surface area contributed by atoms with Crippen molar-refractivity contribution in [2.75, 3.05) is 0 Å². The summed E-state index contributed by atoms with van der Waals surface area (Å²) in [5, 5.41) is 0.771. The molecule has 0 aromatic carbocycles. The van der Waals surface area contributed by atoms with Gasteiger partial charge in [0.15, 0.2) is 0 Å². The molecule has 0 rings (SSSR count). The quantitative estimate of drug-likeness (QED) is 0.422. The van der Waals surface area contributed by atoms with Gasteiger partial charge in [-0.3, -0.25) is 0 Å². The van der Waals surface area contributed by atoms with E-state index >= 15 is 0 Å². The van der Waals surface area contributed by atoms with Gasteiger partial charge < -0.3 is 4.79 Å². The van der Waals surface area contributed by atoms with Crippen molar-refractivity contribution in [3.05, 3.63) is 0 Å². The minimum Gasteiger partial charge on any atom is -0.305 e. The largest absolute Gasteiger partial charge is 0.305 e. The second-order valence-corrected chi connectivity index (χ2v) is 12.1. The van der Waals surface area contributed by atoms with E-state index in [0.29, 0.717) is 5.41 Å². The Morgan fingerprint density at radius 1 is 0.941 bits per heavy atom. The monoisotopic (exact) mass is 256 g/mol. The predicted octanol–water partition coefficient (Wildman–Crippen LogP) is 5.35. The van der Waals surface area contributed by atoms with Crippen LogP contribution in [0.4, 0.5) is 0 Å². The minimum atomic E-state index is -1.72. The molecule has 0 atom stereocenters. The fraction of sp³-hybridized carbons (Fsp3) is 0.933. The third-order valence-electron chi connectivity index (χ3n) is 4.33. The van der Waals surface area contributed by atoms with E-state index in [1.54, 1.807) is 0 Å². The van der Waals surface area contributed by atoms with Gasteiger partial charge in [0.05, 0.1) is 0 Å². The Labute approximate surface area is 109 Å². The average Bonchev–Trinajstić information content (AvgIpc) is 2.21. The number of unbranched alkanes of at least 4 members (excludes halogenated alkanes) is 5. The maximum absolute atomic E-state index is 12.3. The molecule has 0 heterocycles. The molecule has 0 aliphatic heterocycles. The van der Waals surface area contributed by atoms with Gasteiger partial charge in [-0.05, 0) is 11.5 Å². The summed E-state index contributed by atoms with van der Waals surface area (Å²) in [6.07, 6.45) is 8.44. The molecule has 0 aliphatic carbocycles. The molecule has 0 fully saturated rings. The van der Waals surface area contributed by atoms with Crippen molar-refractivity contribution in [3.8, 4) is 0 Å². The van der Waals surface area contributed by atoms with Gasteiger partial charge in [-0.25, -0.2) is 0 Å². The number of carbonyl (C=O) groups excluding carboxylic acids is 1. The molecule has 0 radical (unpaired) electrons. The summed E-state index contributed by atoms with van der Waals surface area (Å²) in [4.78, 5) is 12.3. The lowest BCUT2D eigenvalue weighted by Gasteiger charge is -2.35. The van der Waals surface area contributed by atoms with Gasteiger partial charge in [0.25, 0.3) is 0 Å². The lowest BCUT2D eigenvalue weighted by Crippen LogP contribution is -2.46. The Kier molecular flexibility index (Phi) is 7.30. The summed E-state index contributed by atoms with van der Waals surface area (Å²) in [7, 11) is -1.72. The maximum atomic E-state index is 12.3. The fourth-order valence-electron chi connectivity index (χ4n) is 1.80. The van der Waals surface area contributed by atoms with Crippen molar-refractivity contribution in [3.63, 3.8) is 0 Å². The van der Waals surface area contributed by atoms with E-state index in [1.807, 2.05) is 0 Å². The van der Waals surface area contributed by atoms with Crippen LogP contribution in [-0.4, -0.2) is 13.5 Å². The molecule has 2 heteroatoms. The highest BCUT2D eigenvalue weighted by atomic mass is 28.3. The fourth-order valence-corrected chi connectivity index (χ4v) is 3.43. The Morgan fingerprint density at radius 2 is 1.41 bits per heavy atom. The van der Waals surface area contributed by atoms with Gasteiger partial charge in [-0.1, -0.05) is 72.9 Å². The second-order valence-electron chi connectivity index (χ2n) is 6.82. The van der Waals surface area contributed by atoms with Crippen molar-refractivity contribution < 1.29 is 4.79 Å². The minimum absolute atomic E-state index is 0.201. The molecule has 1 nitrogen and oxygen atoms in total. The molecule has 0 bridgehead atoms. The Hall–Kier alpha value is -0.113. The summed E-state index contributed by atoms with van der Waals surface area (Å²) in [6, 6.07) is 0. The molecule has 0 N–H and O–H groups in total. The topological polar surface area (TPSA) is 17.1 Å². The third kappa shape index (κ3) is 5.85. The summed E-state index contributed by atoms with van der Waals surface area (Å²) < 4.78 is 0. The van der Waals surface area contributed by atoms with Crippen LogP contribution in [0.25, 0.3) is 0 Å². The van der Waals surface area contributed by atoms with Crippen LogP contribution in [0.5, 0.6) is 0 Å². The lowest BCUT2D eigenvalue weighted by molar-refractivity contribution is -0.113. The van der Waals surface area contributed by atoms with Crippen LogP contribution >= 0.6 is 0 Å². The third-order valence-corrected chi connectivity index (χ3v) is 9.72. The zero-order valence-electron chi connectivity index (χ0n) is 12.9. The van der Waals surface area contributed by atoms with E-state index in [9.17, 15) is 4.79 Å². The molecule has 0 saturated carbocycles. The lowest BCUT2D eigenvalue weighted by atomic mass is 10.1. The van der Waals surface area contributed by atoms with E-state index in [-0.39, 0.29) is 5.04 Å². The first kappa shape index (κ1) is 16.9. The molecular weight excluding hydrogens is 224 g/mol. The number of hydrogen-bond acceptors (Lipinski definition) is 1. The first-order valence-electron chi connectivity index (χ1n) is 7.26.